The molecule has 1 aliphatic rings. The van der Waals surface area contributed by atoms with Crippen LogP contribution in [-0.4, -0.2) is 26.8 Å². The van der Waals surface area contributed by atoms with Gasteiger partial charge < -0.3 is 5.32 Å². The number of rotatable bonds is 2. The third-order valence-corrected chi connectivity index (χ3v) is 2.36. The second-order valence-corrected chi connectivity index (χ2v) is 3.91. The third-order valence-electron chi connectivity index (χ3n) is 1.56. The third kappa shape index (κ3) is 2.62. The molecule has 0 radical (unpaired) electrons. The first kappa shape index (κ1) is 7.94. The summed E-state index contributed by atoms with van der Waals surface area (Å²) in [6.07, 6.45) is 1.71. The van der Waals surface area contributed by atoms with Crippen molar-refractivity contribution in [1.82, 2.24) is 5.32 Å². The SMILES string of the molecule is O=S(=O)(F)CC1CCCN1. The Morgan fingerprint density at radius 1 is 1.60 bits per heavy atom. The zero-order chi connectivity index (χ0) is 7.61. The summed E-state index contributed by atoms with van der Waals surface area (Å²) < 4.78 is 32.1. The van der Waals surface area contributed by atoms with Gasteiger partial charge >= 0.3 is 10.2 Å². The molecule has 1 atom stereocenters. The minimum absolute atomic E-state index is 0.157. The van der Waals surface area contributed by atoms with Gasteiger partial charge in [0.15, 0.2) is 0 Å². The molecule has 0 bridgehead atoms. The summed E-state index contributed by atoms with van der Waals surface area (Å²) >= 11 is 0. The van der Waals surface area contributed by atoms with Gasteiger partial charge in [0.1, 0.15) is 0 Å². The molecule has 60 valence electrons. The fourth-order valence-corrected chi connectivity index (χ4v) is 1.90. The first-order chi connectivity index (χ1) is 4.58. The molecule has 0 saturated carbocycles. The monoisotopic (exact) mass is 167 g/mol. The van der Waals surface area contributed by atoms with E-state index in [9.17, 15) is 12.3 Å². The Hall–Kier alpha value is -0.160. The maximum atomic E-state index is 12.0. The largest absolute Gasteiger partial charge is 0.313 e. The minimum Gasteiger partial charge on any atom is -0.313 e. The van der Waals surface area contributed by atoms with Crippen molar-refractivity contribution in [3.63, 3.8) is 0 Å². The summed E-state index contributed by atoms with van der Waals surface area (Å²) in [4.78, 5) is 0. The number of halogens is 1. The number of hydrogen-bond donors (Lipinski definition) is 1. The van der Waals surface area contributed by atoms with Gasteiger partial charge in [0.25, 0.3) is 0 Å². The van der Waals surface area contributed by atoms with Gasteiger partial charge in [-0.25, -0.2) is 0 Å². The van der Waals surface area contributed by atoms with Gasteiger partial charge in [0, 0.05) is 6.04 Å². The van der Waals surface area contributed by atoms with E-state index in [0.29, 0.717) is 0 Å². The molecule has 0 spiro atoms. The van der Waals surface area contributed by atoms with E-state index in [1.807, 2.05) is 0 Å². The highest BCUT2D eigenvalue weighted by molar-refractivity contribution is 7.86. The Morgan fingerprint density at radius 3 is 2.70 bits per heavy atom. The van der Waals surface area contributed by atoms with Crippen molar-refractivity contribution in [3.8, 4) is 0 Å². The Bertz CT molecular complexity index is 196. The number of hydrogen-bond acceptors (Lipinski definition) is 3. The molecule has 1 saturated heterocycles. The van der Waals surface area contributed by atoms with E-state index < -0.39 is 10.2 Å². The van der Waals surface area contributed by atoms with Gasteiger partial charge in [-0.1, -0.05) is 0 Å². The summed E-state index contributed by atoms with van der Waals surface area (Å²) in [6.45, 7) is 0.806. The summed E-state index contributed by atoms with van der Waals surface area (Å²) in [6, 6.07) is -0.157. The highest BCUT2D eigenvalue weighted by Gasteiger charge is 2.20. The fraction of sp³-hybridized carbons (Fsp3) is 1.00. The van der Waals surface area contributed by atoms with Crippen molar-refractivity contribution in [3.05, 3.63) is 0 Å². The molecule has 0 aromatic heterocycles. The van der Waals surface area contributed by atoms with Crippen molar-refractivity contribution in [2.24, 2.45) is 0 Å². The Kier molecular flexibility index (Phi) is 2.25. The van der Waals surface area contributed by atoms with Crippen LogP contribution in [0.4, 0.5) is 3.89 Å². The predicted octanol–water partition coefficient (Wildman–Crippen LogP) is 0.0377. The van der Waals surface area contributed by atoms with Crippen molar-refractivity contribution < 1.29 is 12.3 Å². The van der Waals surface area contributed by atoms with Gasteiger partial charge in [-0.05, 0) is 19.4 Å². The molecule has 0 amide bonds. The maximum absolute atomic E-state index is 12.0. The van der Waals surface area contributed by atoms with Crippen molar-refractivity contribution in [1.29, 1.82) is 0 Å². The first-order valence-corrected chi connectivity index (χ1v) is 4.79. The van der Waals surface area contributed by atoms with E-state index in [1.165, 1.54) is 0 Å². The molecule has 1 rings (SSSR count). The van der Waals surface area contributed by atoms with Crippen LogP contribution in [0.1, 0.15) is 12.8 Å². The van der Waals surface area contributed by atoms with Crippen molar-refractivity contribution in [2.45, 2.75) is 18.9 Å². The lowest BCUT2D eigenvalue weighted by Crippen LogP contribution is -2.28. The average Bonchev–Trinajstić information content (AvgIpc) is 2.12. The molecular formula is C5H10FNO2S. The van der Waals surface area contributed by atoms with Crippen LogP contribution in [0.2, 0.25) is 0 Å². The maximum Gasteiger partial charge on any atom is 0.303 e. The summed E-state index contributed by atoms with van der Waals surface area (Å²) in [5, 5.41) is 2.89. The van der Waals surface area contributed by atoms with Crippen LogP contribution in [0, 0.1) is 0 Å². The summed E-state index contributed by atoms with van der Waals surface area (Å²) in [7, 11) is -4.27. The van der Waals surface area contributed by atoms with E-state index in [4.69, 9.17) is 0 Å². The zero-order valence-electron chi connectivity index (χ0n) is 5.51. The Balaban J connectivity index is 2.38. The minimum atomic E-state index is -4.27. The summed E-state index contributed by atoms with van der Waals surface area (Å²) in [5.41, 5.74) is 0. The first-order valence-electron chi connectivity index (χ1n) is 3.24. The Labute approximate surface area is 59.8 Å². The van der Waals surface area contributed by atoms with Gasteiger partial charge in [-0.15, -0.1) is 3.89 Å². The molecule has 0 aliphatic carbocycles. The standard InChI is InChI=1S/C5H10FNO2S/c6-10(8,9)4-5-2-1-3-7-5/h5,7H,1-4H2. The van der Waals surface area contributed by atoms with E-state index in [1.54, 1.807) is 0 Å². The Morgan fingerprint density at radius 2 is 2.30 bits per heavy atom. The van der Waals surface area contributed by atoms with E-state index in [0.717, 1.165) is 19.4 Å². The van der Waals surface area contributed by atoms with E-state index >= 15 is 0 Å². The molecule has 1 fully saturated rings. The van der Waals surface area contributed by atoms with Crippen LogP contribution in [0.25, 0.3) is 0 Å². The average molecular weight is 167 g/mol. The van der Waals surface area contributed by atoms with Gasteiger partial charge in [-0.3, -0.25) is 0 Å². The van der Waals surface area contributed by atoms with Crippen molar-refractivity contribution >= 4 is 10.2 Å². The highest BCUT2D eigenvalue weighted by Crippen LogP contribution is 2.07. The van der Waals surface area contributed by atoms with Crippen LogP contribution in [0.3, 0.4) is 0 Å². The van der Waals surface area contributed by atoms with Crippen LogP contribution < -0.4 is 5.32 Å². The number of nitrogens with one attached hydrogen (secondary N) is 1. The highest BCUT2D eigenvalue weighted by atomic mass is 32.3. The van der Waals surface area contributed by atoms with E-state index in [2.05, 4.69) is 5.32 Å². The molecule has 1 heterocycles. The molecule has 0 aromatic carbocycles. The van der Waals surface area contributed by atoms with Gasteiger partial charge in [0.2, 0.25) is 0 Å². The quantitative estimate of drug-likeness (QED) is 0.590. The van der Waals surface area contributed by atoms with Crippen LogP contribution >= 0.6 is 0 Å². The summed E-state index contributed by atoms with van der Waals surface area (Å²) in [5.74, 6) is -0.368. The second-order valence-electron chi connectivity index (χ2n) is 2.50. The fourth-order valence-electron chi connectivity index (χ4n) is 1.14. The molecule has 10 heavy (non-hydrogen) atoms. The van der Waals surface area contributed by atoms with E-state index in [-0.39, 0.29) is 11.8 Å². The second kappa shape index (κ2) is 2.84. The molecule has 1 aliphatic heterocycles. The van der Waals surface area contributed by atoms with Crippen molar-refractivity contribution in [2.75, 3.05) is 12.3 Å². The predicted molar refractivity (Wildman–Crippen MR) is 35.9 cm³/mol. The lowest BCUT2D eigenvalue weighted by molar-refractivity contribution is 0.536. The lowest BCUT2D eigenvalue weighted by atomic mass is 10.3. The zero-order valence-corrected chi connectivity index (χ0v) is 6.32. The molecule has 1 unspecified atom stereocenters. The molecular weight excluding hydrogens is 157 g/mol. The molecule has 5 heteroatoms. The van der Waals surface area contributed by atoms with Crippen LogP contribution in [-0.2, 0) is 10.2 Å². The molecule has 0 aromatic rings. The smallest absolute Gasteiger partial charge is 0.303 e. The topological polar surface area (TPSA) is 46.2 Å². The lowest BCUT2D eigenvalue weighted by Gasteiger charge is -2.04. The van der Waals surface area contributed by atoms with Crippen LogP contribution in [0.5, 0.6) is 0 Å². The van der Waals surface area contributed by atoms with Gasteiger partial charge in [-0.2, -0.15) is 8.42 Å². The molecule has 1 N–H and O–H groups in total. The normalized spacial score (nSPS) is 27.1. The van der Waals surface area contributed by atoms with Gasteiger partial charge in [0.05, 0.1) is 5.75 Å². The van der Waals surface area contributed by atoms with Crippen LogP contribution in [0.15, 0.2) is 0 Å². The molecule has 3 nitrogen and oxygen atoms in total.